The van der Waals surface area contributed by atoms with Crippen molar-refractivity contribution < 1.29 is 4.74 Å². The second-order valence-corrected chi connectivity index (χ2v) is 19.2. The van der Waals surface area contributed by atoms with Crippen LogP contribution >= 0.6 is 0 Å². The molecule has 14 aromatic rings. The molecular formula is C66H38N6O. The van der Waals surface area contributed by atoms with Gasteiger partial charge in [0.05, 0.1) is 56.5 Å². The highest BCUT2D eigenvalue weighted by molar-refractivity contribution is 6.12. The number of ether oxygens (including phenoxy) is 1. The minimum atomic E-state index is -0.776. The lowest BCUT2D eigenvalue weighted by Crippen LogP contribution is -2.32. The Labute approximate surface area is 418 Å². The smallest absolute Gasteiger partial charge is 0.188 e. The molecule has 7 heteroatoms. The molecule has 1 unspecified atom stereocenters. The molecule has 5 aromatic heterocycles. The summed E-state index contributed by atoms with van der Waals surface area (Å²) >= 11 is 0. The van der Waals surface area contributed by atoms with Gasteiger partial charge in [0.1, 0.15) is 11.5 Å². The monoisotopic (exact) mass is 930 g/mol. The number of hydrogen-bond acceptors (Lipinski definition) is 3. The molecule has 0 bridgehead atoms. The summed E-state index contributed by atoms with van der Waals surface area (Å²) in [5.41, 5.74) is 17.9. The maximum atomic E-state index is 7.75. The highest BCUT2D eigenvalue weighted by atomic mass is 16.5. The van der Waals surface area contributed by atoms with Crippen molar-refractivity contribution in [3.63, 3.8) is 0 Å². The van der Waals surface area contributed by atoms with E-state index in [0.29, 0.717) is 5.69 Å². The topological polar surface area (TPSA) is 54.2 Å². The third-order valence-corrected chi connectivity index (χ3v) is 15.6. The van der Waals surface area contributed by atoms with E-state index in [2.05, 4.69) is 213 Å². The van der Waals surface area contributed by atoms with E-state index in [4.69, 9.17) is 21.3 Å². The van der Waals surface area contributed by atoms with Gasteiger partial charge in [0, 0.05) is 84.7 Å². The lowest BCUT2D eigenvalue weighted by atomic mass is 9.66. The highest BCUT2D eigenvalue weighted by Gasteiger charge is 2.52. The van der Waals surface area contributed by atoms with Crippen molar-refractivity contribution in [2.45, 2.75) is 5.41 Å². The van der Waals surface area contributed by atoms with Gasteiger partial charge in [0.15, 0.2) is 5.69 Å². The van der Waals surface area contributed by atoms with Gasteiger partial charge in [-0.3, -0.25) is 9.97 Å². The van der Waals surface area contributed by atoms with Gasteiger partial charge in [-0.1, -0.05) is 115 Å². The van der Waals surface area contributed by atoms with Crippen LogP contribution in [0.1, 0.15) is 22.3 Å². The number of hydrogen-bond donors (Lipinski definition) is 0. The normalized spacial score (nSPS) is 14.5. The van der Waals surface area contributed by atoms with E-state index in [0.717, 1.165) is 106 Å². The molecule has 0 saturated heterocycles. The van der Waals surface area contributed by atoms with Crippen molar-refractivity contribution in [1.82, 2.24) is 23.7 Å². The van der Waals surface area contributed by atoms with Gasteiger partial charge in [-0.2, -0.15) is 0 Å². The van der Waals surface area contributed by atoms with Crippen LogP contribution in [0.3, 0.4) is 0 Å². The van der Waals surface area contributed by atoms with E-state index >= 15 is 0 Å². The average Bonchev–Trinajstić information content (AvgIpc) is 4.17. The second kappa shape index (κ2) is 14.8. The molecule has 7 nitrogen and oxygen atoms in total. The zero-order chi connectivity index (χ0) is 47.9. The molecule has 338 valence electrons. The number of aromatic nitrogens is 5. The fourth-order valence-electron chi connectivity index (χ4n) is 12.6. The molecule has 6 heterocycles. The van der Waals surface area contributed by atoms with Crippen LogP contribution < -0.4 is 4.74 Å². The number of rotatable bonds is 4. The molecule has 16 rings (SSSR count). The van der Waals surface area contributed by atoms with Gasteiger partial charge < -0.3 is 18.4 Å². The third-order valence-electron chi connectivity index (χ3n) is 15.6. The lowest BCUT2D eigenvalue weighted by molar-refractivity contribution is 0.436. The number of nitrogens with zero attached hydrogens (tertiary/aromatic N) is 6. The Morgan fingerprint density at radius 2 is 0.877 bits per heavy atom. The first-order valence-corrected chi connectivity index (χ1v) is 24.6. The minimum absolute atomic E-state index is 0.618. The molecule has 2 aliphatic rings. The van der Waals surface area contributed by atoms with Crippen LogP contribution in [0.4, 0.5) is 5.69 Å². The van der Waals surface area contributed by atoms with Crippen LogP contribution in [0, 0.1) is 6.57 Å². The molecule has 1 aliphatic carbocycles. The molecule has 1 spiro atoms. The van der Waals surface area contributed by atoms with Crippen LogP contribution in [0.2, 0.25) is 0 Å². The van der Waals surface area contributed by atoms with Crippen molar-refractivity contribution in [3.8, 4) is 51.1 Å². The first-order valence-electron chi connectivity index (χ1n) is 24.6. The van der Waals surface area contributed by atoms with Gasteiger partial charge in [-0.05, 0) is 114 Å². The molecule has 9 aromatic carbocycles. The van der Waals surface area contributed by atoms with Crippen LogP contribution in [0.5, 0.6) is 11.5 Å². The number of para-hydroxylation sites is 5. The van der Waals surface area contributed by atoms with Crippen molar-refractivity contribution in [2.75, 3.05) is 0 Å². The maximum absolute atomic E-state index is 7.75. The van der Waals surface area contributed by atoms with Crippen LogP contribution in [-0.4, -0.2) is 23.7 Å². The Kier molecular flexibility index (Phi) is 8.04. The number of benzene rings is 9. The van der Waals surface area contributed by atoms with Gasteiger partial charge in [0.25, 0.3) is 0 Å². The summed E-state index contributed by atoms with van der Waals surface area (Å²) in [5, 5.41) is 7.00. The summed E-state index contributed by atoms with van der Waals surface area (Å²) in [7, 11) is 0. The second-order valence-electron chi connectivity index (χ2n) is 19.2. The quantitative estimate of drug-likeness (QED) is 0.165. The van der Waals surface area contributed by atoms with Gasteiger partial charge >= 0.3 is 0 Å². The average molecular weight is 931 g/mol. The number of fused-ring (bicyclic) bond motifs is 18. The zero-order valence-corrected chi connectivity index (χ0v) is 39.0. The summed E-state index contributed by atoms with van der Waals surface area (Å²) in [6, 6.07) is 77.8. The Bertz CT molecular complexity index is 4690. The van der Waals surface area contributed by atoms with E-state index in [1.165, 1.54) is 32.6 Å². The molecule has 0 saturated carbocycles. The first kappa shape index (κ1) is 39.8. The first-order chi connectivity index (χ1) is 36.2. The molecule has 0 N–H and O–H groups in total. The van der Waals surface area contributed by atoms with Crippen LogP contribution in [0.15, 0.2) is 231 Å². The van der Waals surface area contributed by atoms with Crippen LogP contribution in [-0.2, 0) is 5.41 Å². The fraction of sp³-hybridized carbons (Fsp3) is 0.0152. The Morgan fingerprint density at radius 3 is 1.53 bits per heavy atom. The summed E-state index contributed by atoms with van der Waals surface area (Å²) in [5.74, 6) is 1.56. The minimum Gasteiger partial charge on any atom is -0.457 e. The molecule has 1 aliphatic heterocycles. The summed E-state index contributed by atoms with van der Waals surface area (Å²) < 4.78 is 14.0. The standard InChI is InChI=1S/C66H38N6O/c1-67-42-25-33-61-51(37-42)49-16-5-10-22-59(49)72(61)45-30-31-53-63(38-45)73-62-23-11-6-17-52(62)66(53)54-18-12-34-68-64(54)65-55(66)36-41(39-69-65)40-24-32-60-50(35-40)48-15-4-9-21-58(48)71(60)44-28-26-43(27-29-44)70-56-19-7-2-13-46(56)47-14-3-8-20-57(47)70/h2-39H. The Morgan fingerprint density at radius 1 is 0.370 bits per heavy atom. The van der Waals surface area contributed by atoms with Crippen molar-refractivity contribution in [3.05, 3.63) is 264 Å². The largest absolute Gasteiger partial charge is 0.457 e. The van der Waals surface area contributed by atoms with Crippen molar-refractivity contribution in [1.29, 1.82) is 0 Å². The molecule has 1 atom stereocenters. The molecular weight excluding hydrogens is 893 g/mol. The SMILES string of the molecule is [C-]#[N+]c1ccc2c(c1)c1ccccc1n2-c1ccc2c(c1)Oc1ccccc1C21c2cccnc2-c2ncc(-c3ccc4c(c3)c3ccccc3n4-c3ccc(-n4c5ccccc5c5ccccc54)cc3)cc21. The van der Waals surface area contributed by atoms with Gasteiger partial charge in [-0.15, -0.1) is 0 Å². The summed E-state index contributed by atoms with van der Waals surface area (Å²) in [6.45, 7) is 7.75. The predicted molar refractivity (Wildman–Crippen MR) is 294 cm³/mol. The molecule has 0 amide bonds. The maximum Gasteiger partial charge on any atom is 0.188 e. The van der Waals surface area contributed by atoms with Gasteiger partial charge in [0.2, 0.25) is 0 Å². The fourth-order valence-corrected chi connectivity index (χ4v) is 12.6. The van der Waals surface area contributed by atoms with Crippen LogP contribution in [0.25, 0.3) is 110 Å². The Balaban J connectivity index is 0.854. The van der Waals surface area contributed by atoms with E-state index in [9.17, 15) is 0 Å². The van der Waals surface area contributed by atoms with E-state index in [-0.39, 0.29) is 0 Å². The highest BCUT2D eigenvalue weighted by Crippen LogP contribution is 2.62. The Hall–Kier alpha value is -10.0. The summed E-state index contributed by atoms with van der Waals surface area (Å²) in [4.78, 5) is 14.2. The number of pyridine rings is 2. The zero-order valence-electron chi connectivity index (χ0n) is 39.0. The summed E-state index contributed by atoms with van der Waals surface area (Å²) in [6.07, 6.45) is 3.89. The molecule has 0 fully saturated rings. The predicted octanol–water partition coefficient (Wildman–Crippen LogP) is 16.5. The molecule has 73 heavy (non-hydrogen) atoms. The van der Waals surface area contributed by atoms with Crippen molar-refractivity contribution in [2.24, 2.45) is 0 Å². The molecule has 0 radical (unpaired) electrons. The van der Waals surface area contributed by atoms with Gasteiger partial charge in [-0.25, -0.2) is 4.85 Å². The van der Waals surface area contributed by atoms with E-state index in [1.807, 2.05) is 36.7 Å². The lowest BCUT2D eigenvalue weighted by Gasteiger charge is -2.39. The van der Waals surface area contributed by atoms with E-state index < -0.39 is 5.41 Å². The van der Waals surface area contributed by atoms with Crippen molar-refractivity contribution >= 4 is 71.1 Å². The van der Waals surface area contributed by atoms with E-state index in [1.54, 1.807) is 0 Å². The third kappa shape index (κ3) is 5.36.